The van der Waals surface area contributed by atoms with Crippen molar-refractivity contribution in [1.29, 1.82) is 0 Å². The van der Waals surface area contributed by atoms with Gasteiger partial charge in [0.2, 0.25) is 0 Å². The molecule has 0 bridgehead atoms. The molecule has 0 aliphatic carbocycles. The van der Waals surface area contributed by atoms with E-state index in [1.54, 1.807) is 36.5 Å². The van der Waals surface area contributed by atoms with Crippen molar-refractivity contribution >= 4 is 48.0 Å². The number of hydrogen-bond acceptors (Lipinski definition) is 5. The van der Waals surface area contributed by atoms with Crippen molar-refractivity contribution in [2.45, 2.75) is 24.7 Å². The first-order valence-corrected chi connectivity index (χ1v) is 8.39. The molecule has 3 atom stereocenters. The smallest absolute Gasteiger partial charge is 0.138 e. The van der Waals surface area contributed by atoms with E-state index >= 15 is 0 Å². The van der Waals surface area contributed by atoms with Crippen LogP contribution in [0.5, 0.6) is 5.75 Å². The van der Waals surface area contributed by atoms with Crippen molar-refractivity contribution in [1.82, 2.24) is 4.98 Å². The molecule has 1 aromatic carbocycles. The van der Waals surface area contributed by atoms with Crippen molar-refractivity contribution in [3.63, 3.8) is 0 Å². The zero-order valence-corrected chi connectivity index (χ0v) is 16.8. The third-order valence-electron chi connectivity index (χ3n) is 3.92. The summed E-state index contributed by atoms with van der Waals surface area (Å²) in [6, 6.07) is 7.84. The Balaban J connectivity index is 0.00000169. The van der Waals surface area contributed by atoms with Crippen LogP contribution in [-0.2, 0) is 4.74 Å². The molecule has 1 aromatic heterocycles. The van der Waals surface area contributed by atoms with Crippen molar-refractivity contribution in [3.8, 4) is 5.75 Å². The van der Waals surface area contributed by atoms with Crippen LogP contribution in [0.3, 0.4) is 0 Å². The molecule has 5 nitrogen and oxygen atoms in total. The average Bonchev–Trinajstić information content (AvgIpc) is 3.10. The summed E-state index contributed by atoms with van der Waals surface area (Å²) in [6.07, 6.45) is 1.54. The van der Waals surface area contributed by atoms with Gasteiger partial charge in [-0.05, 0) is 29.8 Å². The normalized spacial score (nSPS) is 18.4. The Morgan fingerprint density at radius 3 is 2.54 bits per heavy atom. The summed E-state index contributed by atoms with van der Waals surface area (Å²) in [7, 11) is 0. The number of aromatic nitrogens is 1. The van der Waals surface area contributed by atoms with Gasteiger partial charge in [0.25, 0.3) is 0 Å². The van der Waals surface area contributed by atoms with E-state index < -0.39 is 12.1 Å². The minimum Gasteiger partial charge on any atom is -0.486 e. The zero-order chi connectivity index (χ0) is 17.1. The van der Waals surface area contributed by atoms with Gasteiger partial charge in [0, 0.05) is 6.42 Å². The molecular formula is C17H20Cl4N2O3. The highest BCUT2D eigenvalue weighted by Gasteiger charge is 2.22. The highest BCUT2D eigenvalue weighted by atomic mass is 35.5. The van der Waals surface area contributed by atoms with Gasteiger partial charge in [-0.25, -0.2) is 0 Å². The molecular weight excluding hydrogens is 422 g/mol. The van der Waals surface area contributed by atoms with Crippen molar-refractivity contribution in [2.24, 2.45) is 5.73 Å². The lowest BCUT2D eigenvalue weighted by atomic mass is 10.00. The molecule has 0 saturated carbocycles. The van der Waals surface area contributed by atoms with E-state index in [1.807, 2.05) is 0 Å². The number of pyridine rings is 1. The number of ether oxygens (including phenoxy) is 2. The standard InChI is InChI=1S/C17H18Cl2N2O3.2ClH/c18-13-3-1-10(7-14(13)19)16(20)17(22)15-4-2-11(8-21-15)24-12-5-6-23-9-12;;/h1-4,7-8,12,16-17,22H,5-6,9,20H2;2*1H. The number of aliphatic hydroxyl groups excluding tert-OH is 1. The van der Waals surface area contributed by atoms with Crippen LogP contribution in [0.2, 0.25) is 10.0 Å². The Morgan fingerprint density at radius 2 is 1.96 bits per heavy atom. The molecule has 1 aliphatic heterocycles. The fourth-order valence-corrected chi connectivity index (χ4v) is 2.83. The van der Waals surface area contributed by atoms with Crippen LogP contribution >= 0.6 is 48.0 Å². The van der Waals surface area contributed by atoms with Crippen molar-refractivity contribution in [3.05, 3.63) is 57.8 Å². The summed E-state index contributed by atoms with van der Waals surface area (Å²) in [5.41, 5.74) is 7.26. The van der Waals surface area contributed by atoms with Crippen molar-refractivity contribution in [2.75, 3.05) is 13.2 Å². The molecule has 144 valence electrons. The SMILES string of the molecule is Cl.Cl.NC(c1ccc(Cl)c(Cl)c1)C(O)c1ccc(OC2CCOC2)cn1. The number of rotatable bonds is 5. The van der Waals surface area contributed by atoms with Gasteiger partial charge in [0.1, 0.15) is 18.0 Å². The largest absolute Gasteiger partial charge is 0.486 e. The number of aliphatic hydroxyl groups is 1. The molecule has 0 radical (unpaired) electrons. The van der Waals surface area contributed by atoms with Gasteiger partial charge in [0.05, 0.1) is 41.2 Å². The lowest BCUT2D eigenvalue weighted by molar-refractivity contribution is 0.137. The fourth-order valence-electron chi connectivity index (χ4n) is 2.52. The van der Waals surface area contributed by atoms with Crippen LogP contribution in [0.4, 0.5) is 0 Å². The lowest BCUT2D eigenvalue weighted by Crippen LogP contribution is -2.20. The maximum atomic E-state index is 10.5. The number of nitrogens with zero attached hydrogens (tertiary/aromatic N) is 1. The Morgan fingerprint density at radius 1 is 1.19 bits per heavy atom. The van der Waals surface area contributed by atoms with E-state index in [4.69, 9.17) is 38.4 Å². The molecule has 1 aliphatic rings. The Hall–Kier alpha value is -0.790. The van der Waals surface area contributed by atoms with Crippen LogP contribution < -0.4 is 10.5 Å². The summed E-state index contributed by atoms with van der Waals surface area (Å²) in [4.78, 5) is 4.25. The number of halogens is 4. The molecule has 0 spiro atoms. The van der Waals surface area contributed by atoms with Crippen LogP contribution in [0.25, 0.3) is 0 Å². The molecule has 3 unspecified atom stereocenters. The maximum absolute atomic E-state index is 10.5. The Labute approximate surface area is 174 Å². The highest BCUT2D eigenvalue weighted by molar-refractivity contribution is 6.42. The van der Waals surface area contributed by atoms with Gasteiger partial charge in [-0.15, -0.1) is 24.8 Å². The molecule has 2 aromatic rings. The summed E-state index contributed by atoms with van der Waals surface area (Å²) >= 11 is 11.9. The first-order valence-electron chi connectivity index (χ1n) is 7.63. The van der Waals surface area contributed by atoms with E-state index in [2.05, 4.69) is 4.98 Å². The molecule has 1 fully saturated rings. The quantitative estimate of drug-likeness (QED) is 0.729. The van der Waals surface area contributed by atoms with E-state index in [-0.39, 0.29) is 30.9 Å². The van der Waals surface area contributed by atoms with Crippen molar-refractivity contribution < 1.29 is 14.6 Å². The Kier molecular flexibility index (Phi) is 9.41. The van der Waals surface area contributed by atoms with Gasteiger partial charge < -0.3 is 20.3 Å². The first kappa shape index (κ1) is 23.2. The van der Waals surface area contributed by atoms with Gasteiger partial charge in [-0.2, -0.15) is 0 Å². The summed E-state index contributed by atoms with van der Waals surface area (Å²) in [5.74, 6) is 0.643. The van der Waals surface area contributed by atoms with E-state index in [0.717, 1.165) is 6.42 Å². The topological polar surface area (TPSA) is 77.6 Å². The molecule has 3 N–H and O–H groups in total. The average molecular weight is 442 g/mol. The van der Waals surface area contributed by atoms with E-state index in [9.17, 15) is 5.11 Å². The Bertz CT molecular complexity index is 697. The summed E-state index contributed by atoms with van der Waals surface area (Å²) in [5, 5.41) is 11.3. The molecule has 0 amide bonds. The summed E-state index contributed by atoms with van der Waals surface area (Å²) in [6.45, 7) is 1.31. The minimum absolute atomic E-state index is 0. The van der Waals surface area contributed by atoms with Crippen LogP contribution in [0.1, 0.15) is 29.8 Å². The van der Waals surface area contributed by atoms with Gasteiger partial charge >= 0.3 is 0 Å². The number of hydrogen-bond donors (Lipinski definition) is 2. The molecule has 9 heteroatoms. The number of benzene rings is 1. The fraction of sp³-hybridized carbons (Fsp3) is 0.353. The van der Waals surface area contributed by atoms with E-state index in [1.165, 1.54) is 0 Å². The molecule has 26 heavy (non-hydrogen) atoms. The van der Waals surface area contributed by atoms with Crippen LogP contribution in [0, 0.1) is 0 Å². The highest BCUT2D eigenvalue weighted by Crippen LogP contribution is 2.30. The number of nitrogens with two attached hydrogens (primary N) is 1. The first-order chi connectivity index (χ1) is 11.5. The second-order valence-electron chi connectivity index (χ2n) is 5.67. The van der Waals surface area contributed by atoms with Gasteiger partial charge in [-0.3, -0.25) is 4.98 Å². The van der Waals surface area contributed by atoms with Crippen LogP contribution in [-0.4, -0.2) is 29.4 Å². The molecule has 3 rings (SSSR count). The second kappa shape index (κ2) is 10.5. The van der Waals surface area contributed by atoms with Crippen LogP contribution in [0.15, 0.2) is 36.5 Å². The lowest BCUT2D eigenvalue weighted by Gasteiger charge is -2.20. The predicted molar refractivity (Wildman–Crippen MR) is 107 cm³/mol. The van der Waals surface area contributed by atoms with Gasteiger partial charge in [0.15, 0.2) is 0 Å². The molecule has 1 saturated heterocycles. The maximum Gasteiger partial charge on any atom is 0.138 e. The second-order valence-corrected chi connectivity index (χ2v) is 6.48. The van der Waals surface area contributed by atoms with E-state index in [0.29, 0.717) is 40.3 Å². The molecule has 2 heterocycles. The third kappa shape index (κ3) is 5.60. The van der Waals surface area contributed by atoms with Gasteiger partial charge in [-0.1, -0.05) is 29.3 Å². The predicted octanol–water partition coefficient (Wildman–Crippen LogP) is 4.13. The summed E-state index contributed by atoms with van der Waals surface area (Å²) < 4.78 is 11.0. The minimum atomic E-state index is -0.967. The zero-order valence-electron chi connectivity index (χ0n) is 13.7. The monoisotopic (exact) mass is 440 g/mol. The third-order valence-corrected chi connectivity index (χ3v) is 4.66.